The van der Waals surface area contributed by atoms with Crippen molar-refractivity contribution >= 4 is 46.5 Å². The molecule has 6 nitrogen and oxygen atoms in total. The highest BCUT2D eigenvalue weighted by molar-refractivity contribution is 6.42. The first-order valence-electron chi connectivity index (χ1n) is 11.1. The topological polar surface area (TPSA) is 69.7 Å². The second kappa shape index (κ2) is 11.5. The number of halogens is 2. The number of nitrogens with zero attached hydrogens (tertiary/aromatic N) is 2. The second-order valence-corrected chi connectivity index (χ2v) is 9.29. The number of likely N-dealkylation sites (tertiary alicyclic amines) is 1. The van der Waals surface area contributed by atoms with Crippen molar-refractivity contribution < 1.29 is 14.4 Å². The highest BCUT2D eigenvalue weighted by Gasteiger charge is 2.42. The maximum absolute atomic E-state index is 12.7. The highest BCUT2D eigenvalue weighted by atomic mass is 35.5. The molecule has 176 valence electrons. The van der Waals surface area contributed by atoms with Gasteiger partial charge in [0.15, 0.2) is 0 Å². The van der Waals surface area contributed by atoms with E-state index in [2.05, 4.69) is 10.2 Å². The van der Waals surface area contributed by atoms with E-state index >= 15 is 0 Å². The highest BCUT2D eigenvalue weighted by Crippen LogP contribution is 2.23. The number of rotatable bonds is 10. The van der Waals surface area contributed by atoms with Gasteiger partial charge in [-0.1, -0.05) is 47.5 Å². The van der Waals surface area contributed by atoms with Gasteiger partial charge in [0.25, 0.3) is 5.91 Å². The van der Waals surface area contributed by atoms with Crippen molar-refractivity contribution in [3.63, 3.8) is 0 Å². The van der Waals surface area contributed by atoms with E-state index in [1.54, 1.807) is 6.07 Å². The van der Waals surface area contributed by atoms with Crippen LogP contribution in [0.1, 0.15) is 25.3 Å². The predicted molar refractivity (Wildman–Crippen MR) is 132 cm³/mol. The van der Waals surface area contributed by atoms with Crippen LogP contribution >= 0.6 is 23.2 Å². The zero-order chi connectivity index (χ0) is 24.0. The number of ketones is 1. The third-order valence-corrected chi connectivity index (χ3v) is 6.63. The van der Waals surface area contributed by atoms with Crippen LogP contribution in [0.3, 0.4) is 0 Å². The van der Waals surface area contributed by atoms with Crippen LogP contribution in [0.4, 0.5) is 5.69 Å². The van der Waals surface area contributed by atoms with E-state index in [-0.39, 0.29) is 18.5 Å². The Bertz CT molecular complexity index is 1000. The molecule has 1 heterocycles. The molecule has 1 aliphatic heterocycles. The molecule has 33 heavy (non-hydrogen) atoms. The fraction of sp³-hybridized carbons (Fsp3) is 0.400. The minimum atomic E-state index is -0.947. The average molecular weight is 490 g/mol. The molecule has 1 aliphatic rings. The van der Waals surface area contributed by atoms with Crippen LogP contribution < -0.4 is 10.2 Å². The van der Waals surface area contributed by atoms with Crippen LogP contribution in [0.5, 0.6) is 0 Å². The summed E-state index contributed by atoms with van der Waals surface area (Å²) >= 11 is 12.0. The first kappa shape index (κ1) is 25.1. The molecule has 0 aromatic heterocycles. The second-order valence-electron chi connectivity index (χ2n) is 8.48. The van der Waals surface area contributed by atoms with Crippen LogP contribution in [-0.2, 0) is 20.8 Å². The number of Topliss-reactive ketones (excluding diaryl/α,β-unsaturated/α-hetero) is 1. The van der Waals surface area contributed by atoms with Gasteiger partial charge in [-0.25, -0.2) is 0 Å². The fourth-order valence-electron chi connectivity index (χ4n) is 3.89. The Labute approximate surface area is 204 Å². The summed E-state index contributed by atoms with van der Waals surface area (Å²) in [4.78, 5) is 41.1. The van der Waals surface area contributed by atoms with E-state index in [4.69, 9.17) is 23.2 Å². The molecule has 0 bridgehead atoms. The van der Waals surface area contributed by atoms with Gasteiger partial charge in [-0.15, -0.1) is 0 Å². The number of carbonyl (C=O) groups excluding carboxylic acids is 3. The molecule has 1 saturated heterocycles. The summed E-state index contributed by atoms with van der Waals surface area (Å²) in [6.07, 6.45) is 2.09. The molecule has 3 rings (SSSR count). The largest absolute Gasteiger partial charge is 0.375 e. The Morgan fingerprint density at radius 3 is 2.58 bits per heavy atom. The molecule has 0 saturated carbocycles. The molecule has 2 aromatic carbocycles. The molecule has 1 N–H and O–H groups in total. The normalized spacial score (nSPS) is 16.7. The number of amides is 2. The third-order valence-electron chi connectivity index (χ3n) is 5.89. The lowest BCUT2D eigenvalue weighted by molar-refractivity contribution is -0.142. The van der Waals surface area contributed by atoms with Crippen molar-refractivity contribution in [2.75, 3.05) is 31.6 Å². The van der Waals surface area contributed by atoms with Gasteiger partial charge < -0.3 is 15.1 Å². The molecule has 2 amide bonds. The van der Waals surface area contributed by atoms with E-state index in [1.165, 1.54) is 4.90 Å². The molecule has 2 unspecified atom stereocenters. The SMILES string of the molecule is CC(CCc1ccc(Cl)c(Cl)c1)NC(=O)C1CN(CCCN(C)c2ccccc2)C(=O)C1=O. The smallest absolute Gasteiger partial charge is 0.290 e. The standard InChI is InChI=1S/C25H29Cl2N3O3/c1-17(9-10-18-11-12-21(26)22(27)15-18)28-24(32)20-16-30(25(33)23(20)31)14-6-13-29(2)19-7-4-3-5-8-19/h3-5,7-8,11-12,15,17,20H,6,9-10,13-14,16H2,1-2H3,(H,28,32). The summed E-state index contributed by atoms with van der Waals surface area (Å²) in [6.45, 7) is 3.20. The van der Waals surface area contributed by atoms with Crippen LogP contribution in [0.25, 0.3) is 0 Å². The lowest BCUT2D eigenvalue weighted by Gasteiger charge is -2.21. The molecular formula is C25H29Cl2N3O3. The van der Waals surface area contributed by atoms with Gasteiger partial charge in [-0.3, -0.25) is 14.4 Å². The maximum atomic E-state index is 12.7. The van der Waals surface area contributed by atoms with E-state index in [0.29, 0.717) is 35.9 Å². The lowest BCUT2D eigenvalue weighted by atomic mass is 10.0. The van der Waals surface area contributed by atoms with Crippen molar-refractivity contribution in [1.82, 2.24) is 10.2 Å². The average Bonchev–Trinajstić information content (AvgIpc) is 3.09. The number of hydrogen-bond donors (Lipinski definition) is 1. The van der Waals surface area contributed by atoms with E-state index < -0.39 is 17.6 Å². The zero-order valence-corrected chi connectivity index (χ0v) is 20.4. The number of nitrogens with one attached hydrogen (secondary N) is 1. The monoisotopic (exact) mass is 489 g/mol. The molecular weight excluding hydrogens is 461 g/mol. The minimum Gasteiger partial charge on any atom is -0.375 e. The van der Waals surface area contributed by atoms with Gasteiger partial charge in [-0.05, 0) is 56.0 Å². The number of benzene rings is 2. The van der Waals surface area contributed by atoms with Gasteiger partial charge in [0.2, 0.25) is 11.7 Å². The van der Waals surface area contributed by atoms with Gasteiger partial charge in [0.1, 0.15) is 5.92 Å². The van der Waals surface area contributed by atoms with Crippen molar-refractivity contribution in [3.05, 3.63) is 64.1 Å². The number of hydrogen-bond acceptors (Lipinski definition) is 4. The Morgan fingerprint density at radius 1 is 1.15 bits per heavy atom. The van der Waals surface area contributed by atoms with Crippen molar-refractivity contribution in [2.45, 2.75) is 32.2 Å². The Kier molecular flexibility index (Phi) is 8.75. The number of anilines is 1. The summed E-state index contributed by atoms with van der Waals surface area (Å²) < 4.78 is 0. The molecule has 0 radical (unpaired) electrons. The van der Waals surface area contributed by atoms with Crippen LogP contribution in [0.2, 0.25) is 10.0 Å². The van der Waals surface area contributed by atoms with Crippen molar-refractivity contribution in [3.8, 4) is 0 Å². The van der Waals surface area contributed by atoms with E-state index in [1.807, 2.05) is 56.4 Å². The third kappa shape index (κ3) is 6.71. The first-order valence-corrected chi connectivity index (χ1v) is 11.9. The van der Waals surface area contributed by atoms with Crippen LogP contribution in [-0.4, -0.2) is 55.2 Å². The molecule has 0 spiro atoms. The summed E-state index contributed by atoms with van der Waals surface area (Å²) in [6, 6.07) is 15.3. The van der Waals surface area contributed by atoms with Crippen LogP contribution in [0, 0.1) is 5.92 Å². The molecule has 8 heteroatoms. The molecule has 2 atom stereocenters. The lowest BCUT2D eigenvalue weighted by Crippen LogP contribution is -2.40. The Morgan fingerprint density at radius 2 is 1.88 bits per heavy atom. The maximum Gasteiger partial charge on any atom is 0.290 e. The van der Waals surface area contributed by atoms with Gasteiger partial charge >= 0.3 is 0 Å². The number of aryl methyl sites for hydroxylation is 1. The molecule has 0 aliphatic carbocycles. The van der Waals surface area contributed by atoms with Crippen molar-refractivity contribution in [1.29, 1.82) is 0 Å². The predicted octanol–water partition coefficient (Wildman–Crippen LogP) is 3.98. The van der Waals surface area contributed by atoms with E-state index in [0.717, 1.165) is 17.8 Å². The number of carbonyl (C=O) groups is 3. The van der Waals surface area contributed by atoms with Crippen molar-refractivity contribution in [2.24, 2.45) is 5.92 Å². The summed E-state index contributed by atoms with van der Waals surface area (Å²) in [5, 5.41) is 3.88. The summed E-state index contributed by atoms with van der Waals surface area (Å²) in [5.41, 5.74) is 2.11. The summed E-state index contributed by atoms with van der Waals surface area (Å²) in [7, 11) is 1.99. The van der Waals surface area contributed by atoms with Gasteiger partial charge in [0, 0.05) is 38.4 Å². The number of para-hydroxylation sites is 1. The first-order chi connectivity index (χ1) is 15.8. The van der Waals surface area contributed by atoms with Gasteiger partial charge in [-0.2, -0.15) is 0 Å². The quantitative estimate of drug-likeness (QED) is 0.404. The van der Waals surface area contributed by atoms with Gasteiger partial charge in [0.05, 0.1) is 10.0 Å². The zero-order valence-electron chi connectivity index (χ0n) is 18.9. The molecule has 1 fully saturated rings. The Hall–Kier alpha value is -2.57. The summed E-state index contributed by atoms with van der Waals surface area (Å²) in [5.74, 6) is -2.53. The molecule has 2 aromatic rings. The van der Waals surface area contributed by atoms with Crippen LogP contribution in [0.15, 0.2) is 48.5 Å². The fourth-order valence-corrected chi connectivity index (χ4v) is 4.21. The van der Waals surface area contributed by atoms with E-state index in [9.17, 15) is 14.4 Å². The minimum absolute atomic E-state index is 0.137. The Balaban J connectivity index is 1.45.